The van der Waals surface area contributed by atoms with E-state index in [0.717, 1.165) is 5.56 Å². The lowest BCUT2D eigenvalue weighted by Crippen LogP contribution is -2.28. The molecular formula is C25H27N5O4S. The van der Waals surface area contributed by atoms with Crippen molar-refractivity contribution in [1.29, 1.82) is 0 Å². The Balaban J connectivity index is 1.62. The highest BCUT2D eigenvalue weighted by atomic mass is 32.2. The Bertz CT molecular complexity index is 1210. The molecule has 3 rings (SSSR count). The summed E-state index contributed by atoms with van der Waals surface area (Å²) in [7, 11) is 1.31. The van der Waals surface area contributed by atoms with Gasteiger partial charge in [-0.15, -0.1) is 16.8 Å². The van der Waals surface area contributed by atoms with Crippen molar-refractivity contribution in [3.63, 3.8) is 0 Å². The quantitative estimate of drug-likeness (QED) is 0.251. The van der Waals surface area contributed by atoms with Crippen LogP contribution in [0.4, 0.5) is 5.69 Å². The number of carbonyl (C=O) groups is 3. The fraction of sp³-hybridized carbons (Fsp3) is 0.240. The average Bonchev–Trinajstić information content (AvgIpc) is 3.26. The first kappa shape index (κ1) is 25.7. The van der Waals surface area contributed by atoms with Crippen molar-refractivity contribution in [2.75, 3.05) is 18.2 Å². The van der Waals surface area contributed by atoms with Crippen LogP contribution in [-0.2, 0) is 16.1 Å². The molecule has 2 amide bonds. The summed E-state index contributed by atoms with van der Waals surface area (Å²) in [5.41, 5.74) is 2.59. The number of hydrogen-bond acceptors (Lipinski definition) is 7. The largest absolute Gasteiger partial charge is 0.465 e. The number of rotatable bonds is 10. The van der Waals surface area contributed by atoms with E-state index in [-0.39, 0.29) is 17.6 Å². The highest BCUT2D eigenvalue weighted by Gasteiger charge is 2.20. The molecule has 0 saturated heterocycles. The molecule has 0 bridgehead atoms. The van der Waals surface area contributed by atoms with Gasteiger partial charge in [-0.3, -0.25) is 9.59 Å². The van der Waals surface area contributed by atoms with Gasteiger partial charge in [0.25, 0.3) is 5.91 Å². The molecule has 1 heterocycles. The maximum absolute atomic E-state index is 12.6. The second-order valence-corrected chi connectivity index (χ2v) is 8.65. The van der Waals surface area contributed by atoms with Crippen LogP contribution in [0.2, 0.25) is 0 Å². The van der Waals surface area contributed by atoms with E-state index in [0.29, 0.717) is 34.3 Å². The van der Waals surface area contributed by atoms with Gasteiger partial charge in [0.05, 0.1) is 24.5 Å². The fourth-order valence-electron chi connectivity index (χ4n) is 3.21. The van der Waals surface area contributed by atoms with Crippen molar-refractivity contribution in [3.8, 4) is 0 Å². The van der Waals surface area contributed by atoms with Crippen molar-refractivity contribution in [2.45, 2.75) is 31.6 Å². The molecular weight excluding hydrogens is 466 g/mol. The van der Waals surface area contributed by atoms with Crippen LogP contribution in [0.15, 0.2) is 66.3 Å². The number of carbonyl (C=O) groups excluding carboxylic acids is 3. The molecule has 0 fully saturated rings. The summed E-state index contributed by atoms with van der Waals surface area (Å²) in [6.45, 7) is 8.00. The molecule has 1 aromatic heterocycles. The summed E-state index contributed by atoms with van der Waals surface area (Å²) in [5, 5.41) is 14.7. The van der Waals surface area contributed by atoms with E-state index in [9.17, 15) is 14.4 Å². The van der Waals surface area contributed by atoms with Crippen molar-refractivity contribution >= 4 is 35.2 Å². The number of anilines is 1. The van der Waals surface area contributed by atoms with Gasteiger partial charge in [-0.25, -0.2) is 4.79 Å². The zero-order valence-electron chi connectivity index (χ0n) is 19.8. The van der Waals surface area contributed by atoms with Crippen LogP contribution in [0.3, 0.4) is 0 Å². The van der Waals surface area contributed by atoms with Crippen LogP contribution in [0.1, 0.15) is 45.1 Å². The summed E-state index contributed by atoms with van der Waals surface area (Å²) in [5.74, 6) is -0.238. The van der Waals surface area contributed by atoms with Crippen LogP contribution in [-0.4, -0.2) is 45.4 Å². The lowest BCUT2D eigenvalue weighted by molar-refractivity contribution is -0.113. The second kappa shape index (κ2) is 12.0. The maximum atomic E-state index is 12.6. The molecule has 0 radical (unpaired) electrons. The number of allylic oxidation sites excluding steroid dienone is 1. The van der Waals surface area contributed by atoms with Gasteiger partial charge < -0.3 is 19.9 Å². The molecule has 2 N–H and O–H groups in total. The van der Waals surface area contributed by atoms with Crippen molar-refractivity contribution in [1.82, 2.24) is 20.1 Å². The number of aryl methyl sites for hydroxylation is 1. The maximum Gasteiger partial charge on any atom is 0.337 e. The highest BCUT2D eigenvalue weighted by Crippen LogP contribution is 2.22. The smallest absolute Gasteiger partial charge is 0.337 e. The molecule has 0 aliphatic carbocycles. The first-order valence-electron chi connectivity index (χ1n) is 10.8. The van der Waals surface area contributed by atoms with Crippen molar-refractivity contribution < 1.29 is 19.1 Å². The van der Waals surface area contributed by atoms with Gasteiger partial charge >= 0.3 is 5.97 Å². The summed E-state index contributed by atoms with van der Waals surface area (Å²) < 4.78 is 6.48. The first-order valence-corrected chi connectivity index (χ1v) is 11.8. The monoisotopic (exact) mass is 493 g/mol. The van der Waals surface area contributed by atoms with E-state index in [1.807, 2.05) is 30.5 Å². The van der Waals surface area contributed by atoms with Crippen molar-refractivity contribution in [3.05, 3.63) is 83.7 Å². The predicted octanol–water partition coefficient (Wildman–Crippen LogP) is 3.78. The number of nitrogens with zero attached hydrogens (tertiary/aromatic N) is 3. The molecule has 35 heavy (non-hydrogen) atoms. The Kier molecular flexibility index (Phi) is 8.80. The Hall–Kier alpha value is -3.92. The number of esters is 1. The number of amides is 2. The highest BCUT2D eigenvalue weighted by molar-refractivity contribution is 7.99. The minimum absolute atomic E-state index is 0.0954. The van der Waals surface area contributed by atoms with Gasteiger partial charge in [-0.2, -0.15) is 0 Å². The molecule has 9 nitrogen and oxygen atoms in total. The SMILES string of the molecule is C=CCn1c(SCC(=O)Nc2ccc(C(=O)OC)cc2)nnc1[C@H](C)NC(=O)c1ccc(C)cc1. The molecule has 0 aliphatic heterocycles. The van der Waals surface area contributed by atoms with E-state index in [4.69, 9.17) is 0 Å². The lowest BCUT2D eigenvalue weighted by Gasteiger charge is -2.15. The molecule has 0 aliphatic rings. The molecule has 2 aromatic carbocycles. The Morgan fingerprint density at radius 1 is 1.09 bits per heavy atom. The van der Waals surface area contributed by atoms with E-state index in [2.05, 4.69) is 32.1 Å². The third kappa shape index (κ3) is 6.80. The van der Waals surface area contributed by atoms with Gasteiger partial charge in [0.2, 0.25) is 5.91 Å². The number of ether oxygens (including phenoxy) is 1. The first-order chi connectivity index (χ1) is 16.8. The number of aromatic nitrogens is 3. The van der Waals surface area contributed by atoms with Gasteiger partial charge in [0.1, 0.15) is 0 Å². The summed E-state index contributed by atoms with van der Waals surface area (Å²) in [6.07, 6.45) is 1.70. The van der Waals surface area contributed by atoms with Gasteiger partial charge in [0.15, 0.2) is 11.0 Å². The zero-order valence-corrected chi connectivity index (χ0v) is 20.6. The zero-order chi connectivity index (χ0) is 25.4. The number of methoxy groups -OCH3 is 1. The summed E-state index contributed by atoms with van der Waals surface area (Å²) in [6, 6.07) is 13.3. The van der Waals surface area contributed by atoms with E-state index < -0.39 is 12.0 Å². The topological polar surface area (TPSA) is 115 Å². The van der Waals surface area contributed by atoms with Crippen LogP contribution in [0.5, 0.6) is 0 Å². The summed E-state index contributed by atoms with van der Waals surface area (Å²) in [4.78, 5) is 36.6. The fourth-order valence-corrected chi connectivity index (χ4v) is 3.97. The van der Waals surface area contributed by atoms with Crippen LogP contribution in [0.25, 0.3) is 0 Å². The lowest BCUT2D eigenvalue weighted by atomic mass is 10.1. The molecule has 10 heteroatoms. The third-order valence-corrected chi connectivity index (χ3v) is 5.99. The number of nitrogens with one attached hydrogen (secondary N) is 2. The minimum Gasteiger partial charge on any atom is -0.465 e. The Labute approximate surface area is 208 Å². The minimum atomic E-state index is -0.444. The van der Waals surface area contributed by atoms with E-state index in [1.54, 1.807) is 42.5 Å². The number of hydrogen-bond donors (Lipinski definition) is 2. The van der Waals surface area contributed by atoms with Crippen molar-refractivity contribution in [2.24, 2.45) is 0 Å². The third-order valence-electron chi connectivity index (χ3n) is 5.03. The molecule has 0 spiro atoms. The number of thioether (sulfide) groups is 1. The molecule has 1 atom stereocenters. The van der Waals surface area contributed by atoms with Crippen LogP contribution < -0.4 is 10.6 Å². The van der Waals surface area contributed by atoms with E-state index >= 15 is 0 Å². The molecule has 3 aromatic rings. The number of benzene rings is 2. The molecule has 0 unspecified atom stereocenters. The molecule has 182 valence electrons. The predicted molar refractivity (Wildman–Crippen MR) is 134 cm³/mol. The second-order valence-electron chi connectivity index (χ2n) is 7.71. The Morgan fingerprint density at radius 3 is 2.37 bits per heavy atom. The average molecular weight is 494 g/mol. The van der Waals surface area contributed by atoms with Gasteiger partial charge in [0, 0.05) is 17.8 Å². The summed E-state index contributed by atoms with van der Waals surface area (Å²) >= 11 is 1.22. The van der Waals surface area contributed by atoms with Gasteiger partial charge in [-0.05, 0) is 50.2 Å². The van der Waals surface area contributed by atoms with Gasteiger partial charge in [-0.1, -0.05) is 35.5 Å². The van der Waals surface area contributed by atoms with Crippen LogP contribution in [0, 0.1) is 6.92 Å². The van der Waals surface area contributed by atoms with E-state index in [1.165, 1.54) is 18.9 Å². The molecule has 0 saturated carbocycles. The Morgan fingerprint density at radius 2 is 1.74 bits per heavy atom. The normalized spacial score (nSPS) is 11.4. The van der Waals surface area contributed by atoms with Crippen LogP contribution >= 0.6 is 11.8 Å². The standard InChI is InChI=1S/C25H27N5O4S/c1-5-14-30-22(17(3)26-23(32)18-8-6-16(2)7-9-18)28-29-25(30)35-15-21(31)27-20-12-10-19(11-13-20)24(33)34-4/h5-13,17H,1,14-15H2,2-4H3,(H,26,32)(H,27,31)/t17-/m0/s1.